The van der Waals surface area contributed by atoms with Gasteiger partial charge in [-0.3, -0.25) is 4.90 Å². The Morgan fingerprint density at radius 2 is 1.64 bits per heavy atom. The van der Waals surface area contributed by atoms with Crippen LogP contribution in [0.15, 0.2) is 0 Å². The fourth-order valence-corrected chi connectivity index (χ4v) is 1.49. The molecule has 0 bridgehead atoms. The van der Waals surface area contributed by atoms with E-state index >= 15 is 0 Å². The maximum atomic E-state index is 5.62. The van der Waals surface area contributed by atoms with E-state index in [1.54, 1.807) is 7.11 Å². The first-order valence-electron chi connectivity index (χ1n) is 5.50. The molecule has 0 heterocycles. The highest BCUT2D eigenvalue weighted by Crippen LogP contribution is 2.02. The molecule has 0 fully saturated rings. The molecule has 0 aromatic rings. The zero-order valence-corrected chi connectivity index (χ0v) is 10.2. The zero-order valence-electron chi connectivity index (χ0n) is 10.2. The molecular weight excluding hydrogens is 178 g/mol. The number of nitrogens with zero attached hydrogens (tertiary/aromatic N) is 1. The predicted octanol–water partition coefficient (Wildman–Crippen LogP) is 1.77. The Balaban J connectivity index is 3.98. The lowest BCUT2D eigenvalue weighted by atomic mass is 10.2. The van der Waals surface area contributed by atoms with Crippen molar-refractivity contribution in [2.45, 2.75) is 39.8 Å². The third-order valence-electron chi connectivity index (χ3n) is 2.31. The van der Waals surface area contributed by atoms with Crippen LogP contribution in [0.25, 0.3) is 0 Å². The molecule has 0 rings (SSSR count). The van der Waals surface area contributed by atoms with Gasteiger partial charge in [0.2, 0.25) is 0 Å². The van der Waals surface area contributed by atoms with Crippen LogP contribution in [0.4, 0.5) is 0 Å². The van der Waals surface area contributed by atoms with E-state index < -0.39 is 0 Å². The Labute approximate surface area is 88.4 Å². The van der Waals surface area contributed by atoms with Crippen LogP contribution in [0.5, 0.6) is 0 Å². The molecule has 0 aliphatic carbocycles. The number of methoxy groups -OCH3 is 1. The fraction of sp³-hybridized carbons (Fsp3) is 1.00. The van der Waals surface area contributed by atoms with Gasteiger partial charge in [0.15, 0.2) is 0 Å². The van der Waals surface area contributed by atoms with Gasteiger partial charge in [0.25, 0.3) is 0 Å². The molecule has 1 atom stereocenters. The summed E-state index contributed by atoms with van der Waals surface area (Å²) < 4.78 is 10.8. The van der Waals surface area contributed by atoms with Crippen molar-refractivity contribution in [2.24, 2.45) is 0 Å². The normalized spacial score (nSPS) is 13.9. The van der Waals surface area contributed by atoms with Crippen LogP contribution in [0.1, 0.15) is 27.7 Å². The Bertz CT molecular complexity index is 124. The molecule has 0 saturated carbocycles. The largest absolute Gasteiger partial charge is 0.383 e. The topological polar surface area (TPSA) is 21.7 Å². The Kier molecular flexibility index (Phi) is 8.14. The lowest BCUT2D eigenvalue weighted by Gasteiger charge is -2.29. The molecule has 86 valence electrons. The van der Waals surface area contributed by atoms with E-state index in [0.29, 0.717) is 12.1 Å². The average molecular weight is 203 g/mol. The second-order valence-corrected chi connectivity index (χ2v) is 3.71. The molecule has 0 aromatic heterocycles. The minimum atomic E-state index is 0.296. The minimum absolute atomic E-state index is 0.296. The maximum absolute atomic E-state index is 5.62. The van der Waals surface area contributed by atoms with Crippen LogP contribution < -0.4 is 0 Å². The number of hydrogen-bond acceptors (Lipinski definition) is 3. The summed E-state index contributed by atoms with van der Waals surface area (Å²) in [5, 5.41) is 0. The number of hydrogen-bond donors (Lipinski definition) is 0. The van der Waals surface area contributed by atoms with Crippen molar-refractivity contribution in [2.75, 3.05) is 33.4 Å². The van der Waals surface area contributed by atoms with E-state index in [2.05, 4.69) is 32.6 Å². The van der Waals surface area contributed by atoms with Crippen molar-refractivity contribution in [3.8, 4) is 0 Å². The van der Waals surface area contributed by atoms with Gasteiger partial charge in [0, 0.05) is 7.11 Å². The first kappa shape index (κ1) is 13.9. The van der Waals surface area contributed by atoms with Crippen molar-refractivity contribution < 1.29 is 9.47 Å². The first-order chi connectivity index (χ1) is 6.65. The smallest absolute Gasteiger partial charge is 0.0647 e. The summed E-state index contributed by atoms with van der Waals surface area (Å²) in [4.78, 5) is 2.37. The monoisotopic (exact) mass is 203 g/mol. The van der Waals surface area contributed by atoms with Crippen molar-refractivity contribution in [1.29, 1.82) is 0 Å². The number of ether oxygens (including phenoxy) is 2. The van der Waals surface area contributed by atoms with Gasteiger partial charge in [0.1, 0.15) is 0 Å². The lowest BCUT2D eigenvalue weighted by molar-refractivity contribution is -0.00121. The highest BCUT2D eigenvalue weighted by molar-refractivity contribution is 4.69. The minimum Gasteiger partial charge on any atom is -0.383 e. The summed E-state index contributed by atoms with van der Waals surface area (Å²) in [6.45, 7) is 12.1. The molecule has 0 aliphatic rings. The average Bonchev–Trinajstić information content (AvgIpc) is 2.15. The van der Waals surface area contributed by atoms with Crippen molar-refractivity contribution >= 4 is 0 Å². The third-order valence-corrected chi connectivity index (χ3v) is 2.31. The van der Waals surface area contributed by atoms with Gasteiger partial charge in [-0.25, -0.2) is 0 Å². The highest BCUT2D eigenvalue weighted by atomic mass is 16.5. The van der Waals surface area contributed by atoms with E-state index in [9.17, 15) is 0 Å². The molecule has 0 amide bonds. The second-order valence-electron chi connectivity index (χ2n) is 3.71. The molecule has 3 nitrogen and oxygen atoms in total. The van der Waals surface area contributed by atoms with Crippen molar-refractivity contribution in [1.82, 2.24) is 4.90 Å². The van der Waals surface area contributed by atoms with E-state index in [1.807, 2.05) is 0 Å². The SMILES string of the molecule is CCN(CC)C(COC)COC(C)C. The summed E-state index contributed by atoms with van der Waals surface area (Å²) >= 11 is 0. The molecule has 1 unspecified atom stereocenters. The van der Waals surface area contributed by atoms with Gasteiger partial charge in [-0.15, -0.1) is 0 Å². The Morgan fingerprint density at radius 1 is 1.07 bits per heavy atom. The highest BCUT2D eigenvalue weighted by Gasteiger charge is 2.15. The molecule has 14 heavy (non-hydrogen) atoms. The molecule has 3 heteroatoms. The summed E-state index contributed by atoms with van der Waals surface area (Å²) in [6, 6.07) is 0.386. The van der Waals surface area contributed by atoms with Crippen LogP contribution in [-0.4, -0.2) is 50.5 Å². The van der Waals surface area contributed by atoms with Crippen LogP contribution in [0, 0.1) is 0 Å². The maximum Gasteiger partial charge on any atom is 0.0647 e. The summed E-state index contributed by atoms with van der Waals surface area (Å²) in [7, 11) is 1.74. The van der Waals surface area contributed by atoms with Crippen LogP contribution in [-0.2, 0) is 9.47 Å². The second kappa shape index (κ2) is 8.21. The van der Waals surface area contributed by atoms with Gasteiger partial charge in [-0.05, 0) is 26.9 Å². The van der Waals surface area contributed by atoms with Crippen molar-refractivity contribution in [3.63, 3.8) is 0 Å². The molecule has 0 aromatic carbocycles. The van der Waals surface area contributed by atoms with Gasteiger partial charge in [-0.1, -0.05) is 13.8 Å². The van der Waals surface area contributed by atoms with E-state index in [0.717, 1.165) is 26.3 Å². The van der Waals surface area contributed by atoms with Crippen LogP contribution in [0.3, 0.4) is 0 Å². The van der Waals surface area contributed by atoms with Crippen LogP contribution >= 0.6 is 0 Å². The standard InChI is InChI=1S/C11H25NO2/c1-6-12(7-2)11(8-13-5)9-14-10(3)4/h10-11H,6-9H2,1-5H3. The molecule has 0 radical (unpaired) electrons. The molecule has 0 spiro atoms. The summed E-state index contributed by atoms with van der Waals surface area (Å²) in [6.07, 6.45) is 0.296. The lowest BCUT2D eigenvalue weighted by Crippen LogP contribution is -2.42. The van der Waals surface area contributed by atoms with Gasteiger partial charge >= 0.3 is 0 Å². The van der Waals surface area contributed by atoms with Crippen molar-refractivity contribution in [3.05, 3.63) is 0 Å². The quantitative estimate of drug-likeness (QED) is 0.600. The molecule has 0 N–H and O–H groups in total. The van der Waals surface area contributed by atoms with Gasteiger partial charge < -0.3 is 9.47 Å². The van der Waals surface area contributed by atoms with E-state index in [1.165, 1.54) is 0 Å². The number of rotatable bonds is 8. The molecule has 0 saturated heterocycles. The zero-order chi connectivity index (χ0) is 11.0. The van der Waals surface area contributed by atoms with Gasteiger partial charge in [0.05, 0.1) is 25.4 Å². The Morgan fingerprint density at radius 3 is 2.00 bits per heavy atom. The van der Waals surface area contributed by atoms with Crippen LogP contribution in [0.2, 0.25) is 0 Å². The molecular formula is C11H25NO2. The first-order valence-corrected chi connectivity index (χ1v) is 5.50. The number of likely N-dealkylation sites (N-methyl/N-ethyl adjacent to an activating group) is 1. The Hall–Kier alpha value is -0.120. The predicted molar refractivity (Wildman–Crippen MR) is 59.7 cm³/mol. The van der Waals surface area contributed by atoms with Gasteiger partial charge in [-0.2, -0.15) is 0 Å². The fourth-order valence-electron chi connectivity index (χ4n) is 1.49. The van der Waals surface area contributed by atoms with E-state index in [-0.39, 0.29) is 0 Å². The summed E-state index contributed by atoms with van der Waals surface area (Å²) in [5.41, 5.74) is 0. The van der Waals surface area contributed by atoms with E-state index in [4.69, 9.17) is 9.47 Å². The summed E-state index contributed by atoms with van der Waals surface area (Å²) in [5.74, 6) is 0. The molecule has 0 aliphatic heterocycles. The third kappa shape index (κ3) is 5.58.